The highest BCUT2D eigenvalue weighted by molar-refractivity contribution is 5.41. The van der Waals surface area contributed by atoms with Crippen molar-refractivity contribution in [1.82, 2.24) is 0 Å². The second kappa shape index (κ2) is 5.31. The van der Waals surface area contributed by atoms with Gasteiger partial charge in [0.15, 0.2) is 0 Å². The summed E-state index contributed by atoms with van der Waals surface area (Å²) in [7, 11) is 0. The summed E-state index contributed by atoms with van der Waals surface area (Å²) in [6.45, 7) is 1.83. The highest BCUT2D eigenvalue weighted by Crippen LogP contribution is 2.30. The van der Waals surface area contributed by atoms with Crippen molar-refractivity contribution in [1.29, 1.82) is 0 Å². The van der Waals surface area contributed by atoms with Gasteiger partial charge in [0.05, 0.1) is 11.7 Å². The van der Waals surface area contributed by atoms with Crippen LogP contribution in [0.2, 0.25) is 0 Å². The van der Waals surface area contributed by atoms with E-state index in [1.165, 1.54) is 12.1 Å². The largest absolute Gasteiger partial charge is 0.508 e. The van der Waals surface area contributed by atoms with Crippen LogP contribution in [0.5, 0.6) is 11.5 Å². The average Bonchev–Trinajstić information content (AvgIpc) is 2.37. The lowest BCUT2D eigenvalue weighted by atomic mass is 10.1. The van der Waals surface area contributed by atoms with Gasteiger partial charge in [-0.05, 0) is 31.2 Å². The molecule has 2 aromatic rings. The SMILES string of the molecule is CC(N=Nc1ccccc1)c1ccc(O)cc1O. The molecule has 0 amide bonds. The van der Waals surface area contributed by atoms with E-state index in [-0.39, 0.29) is 17.5 Å². The van der Waals surface area contributed by atoms with Crippen LogP contribution in [-0.2, 0) is 0 Å². The maximum atomic E-state index is 9.70. The maximum absolute atomic E-state index is 9.70. The molecule has 0 aromatic heterocycles. The third-order valence-electron chi connectivity index (χ3n) is 2.57. The van der Waals surface area contributed by atoms with Crippen molar-refractivity contribution in [3.05, 3.63) is 54.1 Å². The first-order valence-corrected chi connectivity index (χ1v) is 5.64. The van der Waals surface area contributed by atoms with Gasteiger partial charge in [0.2, 0.25) is 0 Å². The number of aromatic hydroxyl groups is 2. The smallest absolute Gasteiger partial charge is 0.124 e. The molecule has 18 heavy (non-hydrogen) atoms. The first-order valence-electron chi connectivity index (χ1n) is 5.64. The van der Waals surface area contributed by atoms with Crippen LogP contribution >= 0.6 is 0 Å². The third-order valence-corrected chi connectivity index (χ3v) is 2.57. The Labute approximate surface area is 105 Å². The second-order valence-corrected chi connectivity index (χ2v) is 3.97. The molecule has 0 radical (unpaired) electrons. The molecule has 2 rings (SSSR count). The molecular formula is C14H14N2O2. The molecule has 0 fully saturated rings. The van der Waals surface area contributed by atoms with Gasteiger partial charge < -0.3 is 10.2 Å². The van der Waals surface area contributed by atoms with Gasteiger partial charge >= 0.3 is 0 Å². The van der Waals surface area contributed by atoms with Gasteiger partial charge in [-0.1, -0.05) is 18.2 Å². The van der Waals surface area contributed by atoms with E-state index in [0.717, 1.165) is 5.69 Å². The number of benzene rings is 2. The number of phenols is 2. The summed E-state index contributed by atoms with van der Waals surface area (Å²) in [5.74, 6) is 0.0537. The first-order chi connectivity index (χ1) is 8.66. The van der Waals surface area contributed by atoms with E-state index < -0.39 is 0 Å². The normalized spacial score (nSPS) is 12.7. The Morgan fingerprint density at radius 2 is 1.72 bits per heavy atom. The lowest BCUT2D eigenvalue weighted by molar-refractivity contribution is 0.442. The van der Waals surface area contributed by atoms with Crippen molar-refractivity contribution >= 4 is 5.69 Å². The minimum absolute atomic E-state index is 0.0227. The van der Waals surface area contributed by atoms with E-state index in [1.807, 2.05) is 37.3 Å². The molecule has 0 aliphatic carbocycles. The summed E-state index contributed by atoms with van der Waals surface area (Å²) in [6.07, 6.45) is 0. The van der Waals surface area contributed by atoms with E-state index in [9.17, 15) is 10.2 Å². The van der Waals surface area contributed by atoms with Crippen molar-refractivity contribution in [2.75, 3.05) is 0 Å². The Morgan fingerprint density at radius 3 is 2.39 bits per heavy atom. The molecule has 0 bridgehead atoms. The van der Waals surface area contributed by atoms with E-state index in [0.29, 0.717) is 5.56 Å². The molecule has 1 unspecified atom stereocenters. The molecule has 0 heterocycles. The maximum Gasteiger partial charge on any atom is 0.124 e. The molecule has 0 aliphatic rings. The lowest BCUT2D eigenvalue weighted by Crippen LogP contribution is -1.89. The number of rotatable bonds is 3. The summed E-state index contributed by atoms with van der Waals surface area (Å²) in [5, 5.41) is 27.1. The number of azo groups is 1. The molecule has 4 heteroatoms. The Bertz CT molecular complexity index is 553. The Kier molecular flexibility index (Phi) is 3.57. The predicted octanol–water partition coefficient (Wildman–Crippen LogP) is 3.94. The third kappa shape index (κ3) is 2.85. The fourth-order valence-corrected chi connectivity index (χ4v) is 1.60. The zero-order valence-corrected chi connectivity index (χ0v) is 9.99. The molecule has 2 N–H and O–H groups in total. The van der Waals surface area contributed by atoms with Gasteiger partial charge in [-0.3, -0.25) is 0 Å². The minimum atomic E-state index is -0.272. The van der Waals surface area contributed by atoms with Gasteiger partial charge in [-0.15, -0.1) is 0 Å². The molecule has 0 saturated heterocycles. The van der Waals surface area contributed by atoms with Crippen LogP contribution in [0.15, 0.2) is 58.8 Å². The van der Waals surface area contributed by atoms with E-state index in [2.05, 4.69) is 10.2 Å². The molecule has 0 saturated carbocycles. The van der Waals surface area contributed by atoms with Crippen LogP contribution in [0.4, 0.5) is 5.69 Å². The van der Waals surface area contributed by atoms with E-state index in [4.69, 9.17) is 0 Å². The summed E-state index contributed by atoms with van der Waals surface area (Å²) >= 11 is 0. The average molecular weight is 242 g/mol. The number of hydrogen-bond donors (Lipinski definition) is 2. The molecular weight excluding hydrogens is 228 g/mol. The van der Waals surface area contributed by atoms with Gasteiger partial charge in [0.1, 0.15) is 11.5 Å². The van der Waals surface area contributed by atoms with Gasteiger partial charge in [-0.2, -0.15) is 10.2 Å². The molecule has 0 spiro atoms. The highest BCUT2D eigenvalue weighted by atomic mass is 16.3. The van der Waals surface area contributed by atoms with Gasteiger partial charge in [0, 0.05) is 11.6 Å². The monoisotopic (exact) mass is 242 g/mol. The molecule has 4 nitrogen and oxygen atoms in total. The molecule has 92 valence electrons. The predicted molar refractivity (Wildman–Crippen MR) is 69.1 cm³/mol. The van der Waals surface area contributed by atoms with Crippen LogP contribution in [0.25, 0.3) is 0 Å². The van der Waals surface area contributed by atoms with Crippen LogP contribution in [0.1, 0.15) is 18.5 Å². The Balaban J connectivity index is 2.17. The van der Waals surface area contributed by atoms with Gasteiger partial charge in [-0.25, -0.2) is 0 Å². The summed E-state index contributed by atoms with van der Waals surface area (Å²) in [4.78, 5) is 0. The molecule has 2 aromatic carbocycles. The fraction of sp³-hybridized carbons (Fsp3) is 0.143. The van der Waals surface area contributed by atoms with Crippen molar-refractivity contribution in [2.45, 2.75) is 13.0 Å². The quantitative estimate of drug-likeness (QED) is 0.800. The zero-order chi connectivity index (χ0) is 13.0. The molecule has 0 aliphatic heterocycles. The van der Waals surface area contributed by atoms with Crippen molar-refractivity contribution in [3.8, 4) is 11.5 Å². The lowest BCUT2D eigenvalue weighted by Gasteiger charge is -2.08. The van der Waals surface area contributed by atoms with Crippen molar-refractivity contribution in [2.24, 2.45) is 10.2 Å². The van der Waals surface area contributed by atoms with E-state index >= 15 is 0 Å². The van der Waals surface area contributed by atoms with Crippen LogP contribution in [-0.4, -0.2) is 10.2 Å². The number of phenolic OH excluding ortho intramolecular Hbond substituents is 2. The first kappa shape index (κ1) is 12.1. The summed E-state index contributed by atoms with van der Waals surface area (Å²) in [5.41, 5.74) is 1.40. The molecule has 1 atom stereocenters. The topological polar surface area (TPSA) is 65.2 Å². The van der Waals surface area contributed by atoms with Crippen LogP contribution in [0.3, 0.4) is 0 Å². The number of hydrogen-bond acceptors (Lipinski definition) is 4. The zero-order valence-electron chi connectivity index (χ0n) is 9.99. The Hall–Kier alpha value is -2.36. The van der Waals surface area contributed by atoms with Crippen LogP contribution in [0, 0.1) is 0 Å². The van der Waals surface area contributed by atoms with Gasteiger partial charge in [0.25, 0.3) is 0 Å². The van der Waals surface area contributed by atoms with E-state index in [1.54, 1.807) is 6.07 Å². The fourth-order valence-electron chi connectivity index (χ4n) is 1.60. The summed E-state index contributed by atoms with van der Waals surface area (Å²) in [6, 6.07) is 13.6. The highest BCUT2D eigenvalue weighted by Gasteiger charge is 2.09. The Morgan fingerprint density at radius 1 is 1.00 bits per heavy atom. The second-order valence-electron chi connectivity index (χ2n) is 3.97. The van der Waals surface area contributed by atoms with Crippen molar-refractivity contribution in [3.63, 3.8) is 0 Å². The van der Waals surface area contributed by atoms with Crippen LogP contribution < -0.4 is 0 Å². The minimum Gasteiger partial charge on any atom is -0.508 e. The standard InChI is InChI=1S/C14H14N2O2/c1-10(13-8-7-12(17)9-14(13)18)15-16-11-5-3-2-4-6-11/h2-10,17-18H,1H3. The summed E-state index contributed by atoms with van der Waals surface area (Å²) < 4.78 is 0. The number of nitrogens with zero attached hydrogens (tertiary/aromatic N) is 2. The van der Waals surface area contributed by atoms with Crippen molar-refractivity contribution < 1.29 is 10.2 Å².